The molecule has 0 unspecified atom stereocenters. The van der Waals surface area contributed by atoms with E-state index >= 15 is 0 Å². The zero-order chi connectivity index (χ0) is 18.7. The first-order valence-corrected chi connectivity index (χ1v) is 8.11. The number of piperidine rings is 1. The molecule has 0 saturated carbocycles. The van der Waals surface area contributed by atoms with Crippen LogP contribution in [0, 0.1) is 5.92 Å². The number of fused-ring (bicyclic) bond motifs is 1. The summed E-state index contributed by atoms with van der Waals surface area (Å²) in [4.78, 5) is 27.2. The number of benzene rings is 1. The van der Waals surface area contributed by atoms with E-state index in [4.69, 9.17) is 0 Å². The van der Waals surface area contributed by atoms with Crippen LogP contribution in [-0.2, 0) is 9.59 Å². The Morgan fingerprint density at radius 2 is 2.08 bits per heavy atom. The third-order valence-corrected chi connectivity index (χ3v) is 4.32. The molecule has 2 heterocycles. The Morgan fingerprint density at radius 1 is 1.31 bits per heavy atom. The predicted octanol–water partition coefficient (Wildman–Crippen LogP) is 2.42. The van der Waals surface area contributed by atoms with Crippen molar-refractivity contribution in [2.45, 2.75) is 19.0 Å². The molecule has 9 heteroatoms. The molecule has 0 spiro atoms. The van der Waals surface area contributed by atoms with Gasteiger partial charge in [-0.3, -0.25) is 9.59 Å². The second-order valence-corrected chi connectivity index (χ2v) is 6.11. The molecule has 0 radical (unpaired) electrons. The molecule has 1 aromatic carbocycles. The van der Waals surface area contributed by atoms with Crippen molar-refractivity contribution in [2.24, 2.45) is 11.0 Å². The molecule has 1 saturated heterocycles. The number of aromatic amines is 1. The summed E-state index contributed by atoms with van der Waals surface area (Å²) in [7, 11) is 0. The van der Waals surface area contributed by atoms with Gasteiger partial charge in [0.05, 0.1) is 12.1 Å². The number of H-pyrrole nitrogens is 1. The Labute approximate surface area is 147 Å². The van der Waals surface area contributed by atoms with Crippen LogP contribution in [0.4, 0.5) is 13.2 Å². The largest absolute Gasteiger partial charge is 0.471 e. The molecule has 0 bridgehead atoms. The SMILES string of the molecule is O=C(N/N=C\c1c[nH]c2ccccc12)[C@H]1CCCN(C(=O)C(F)(F)F)C1. The lowest BCUT2D eigenvalue weighted by atomic mass is 9.97. The summed E-state index contributed by atoms with van der Waals surface area (Å²) in [5.74, 6) is -3.12. The summed E-state index contributed by atoms with van der Waals surface area (Å²) in [5.41, 5.74) is 4.05. The van der Waals surface area contributed by atoms with Crippen LogP contribution in [0.1, 0.15) is 18.4 Å². The number of carbonyl (C=O) groups excluding carboxylic acids is 2. The monoisotopic (exact) mass is 366 g/mol. The quantitative estimate of drug-likeness (QED) is 0.646. The van der Waals surface area contributed by atoms with E-state index in [9.17, 15) is 22.8 Å². The number of halogens is 3. The maximum atomic E-state index is 12.5. The number of hydrogen-bond acceptors (Lipinski definition) is 3. The number of rotatable bonds is 3. The van der Waals surface area contributed by atoms with Crippen LogP contribution in [0.25, 0.3) is 10.9 Å². The highest BCUT2D eigenvalue weighted by Crippen LogP contribution is 2.24. The molecule has 2 aromatic rings. The molecule has 3 rings (SSSR count). The van der Waals surface area contributed by atoms with Crippen molar-refractivity contribution in [3.63, 3.8) is 0 Å². The zero-order valence-corrected chi connectivity index (χ0v) is 13.7. The molecule has 2 amide bonds. The lowest BCUT2D eigenvalue weighted by Crippen LogP contribution is -2.49. The molecule has 1 aliphatic rings. The lowest BCUT2D eigenvalue weighted by Gasteiger charge is -2.31. The lowest BCUT2D eigenvalue weighted by molar-refractivity contribution is -0.187. The Hall–Kier alpha value is -2.84. The van der Waals surface area contributed by atoms with Gasteiger partial charge in [-0.1, -0.05) is 18.2 Å². The predicted molar refractivity (Wildman–Crippen MR) is 89.4 cm³/mol. The van der Waals surface area contributed by atoms with Crippen molar-refractivity contribution in [1.82, 2.24) is 15.3 Å². The second kappa shape index (κ2) is 7.19. The van der Waals surface area contributed by atoms with Crippen LogP contribution in [0.5, 0.6) is 0 Å². The van der Waals surface area contributed by atoms with Crippen molar-refractivity contribution >= 4 is 28.9 Å². The summed E-state index contributed by atoms with van der Waals surface area (Å²) in [6, 6.07) is 7.56. The average molecular weight is 366 g/mol. The molecule has 2 N–H and O–H groups in total. The molecular weight excluding hydrogens is 349 g/mol. The van der Waals surface area contributed by atoms with Crippen LogP contribution in [-0.4, -0.2) is 47.2 Å². The fourth-order valence-electron chi connectivity index (χ4n) is 3.01. The number of carbonyl (C=O) groups is 2. The second-order valence-electron chi connectivity index (χ2n) is 6.11. The van der Waals surface area contributed by atoms with Crippen LogP contribution >= 0.6 is 0 Å². The minimum Gasteiger partial charge on any atom is -0.361 e. The van der Waals surface area contributed by atoms with E-state index in [1.165, 1.54) is 6.21 Å². The van der Waals surface area contributed by atoms with Crippen LogP contribution in [0.15, 0.2) is 35.6 Å². The van der Waals surface area contributed by atoms with Crippen molar-refractivity contribution in [1.29, 1.82) is 0 Å². The molecule has 6 nitrogen and oxygen atoms in total. The molecule has 26 heavy (non-hydrogen) atoms. The molecule has 1 atom stereocenters. The van der Waals surface area contributed by atoms with E-state index in [1.54, 1.807) is 6.20 Å². The van der Waals surface area contributed by atoms with Gasteiger partial charge >= 0.3 is 12.1 Å². The Kier molecular flexibility index (Phi) is 4.97. The number of likely N-dealkylation sites (tertiary alicyclic amines) is 1. The van der Waals surface area contributed by atoms with Crippen LogP contribution in [0.2, 0.25) is 0 Å². The number of para-hydroxylation sites is 1. The standard InChI is InChI=1S/C17H17F3N4O2/c18-17(19,20)16(26)24-7-3-4-11(10-24)15(25)23-22-9-12-8-21-14-6-2-1-5-13(12)14/h1-2,5-6,8-9,11,21H,3-4,7,10H2,(H,23,25)/b22-9-/t11-/m0/s1. The molecule has 1 aliphatic heterocycles. The minimum absolute atomic E-state index is 0.000725. The van der Waals surface area contributed by atoms with E-state index in [0.29, 0.717) is 17.7 Å². The molecule has 138 valence electrons. The first-order valence-electron chi connectivity index (χ1n) is 8.11. The number of nitrogens with one attached hydrogen (secondary N) is 2. The highest BCUT2D eigenvalue weighted by atomic mass is 19.4. The number of alkyl halides is 3. The third kappa shape index (κ3) is 3.87. The highest BCUT2D eigenvalue weighted by Gasteiger charge is 2.44. The maximum absolute atomic E-state index is 12.5. The molecule has 1 aromatic heterocycles. The fraction of sp³-hybridized carbons (Fsp3) is 0.353. The molecule has 1 fully saturated rings. The normalized spacial score (nSPS) is 18.4. The number of amides is 2. The Bertz CT molecular complexity index is 844. The fourth-order valence-corrected chi connectivity index (χ4v) is 3.01. The van der Waals surface area contributed by atoms with Gasteiger partial charge in [-0.05, 0) is 18.9 Å². The topological polar surface area (TPSA) is 77.6 Å². The van der Waals surface area contributed by atoms with E-state index in [-0.39, 0.29) is 13.1 Å². The number of aromatic nitrogens is 1. The first kappa shape index (κ1) is 18.0. The summed E-state index contributed by atoms with van der Waals surface area (Å²) >= 11 is 0. The summed E-state index contributed by atoms with van der Waals surface area (Å²) in [6.07, 6.45) is -0.961. The third-order valence-electron chi connectivity index (χ3n) is 4.32. The Balaban J connectivity index is 1.60. The summed E-state index contributed by atoms with van der Waals surface area (Å²) in [6.45, 7) is -0.256. The van der Waals surface area contributed by atoms with Gasteiger partial charge < -0.3 is 9.88 Å². The highest BCUT2D eigenvalue weighted by molar-refractivity contribution is 5.99. The van der Waals surface area contributed by atoms with E-state index in [1.807, 2.05) is 24.3 Å². The first-order chi connectivity index (χ1) is 12.4. The van der Waals surface area contributed by atoms with Gasteiger partial charge in [0.2, 0.25) is 5.91 Å². The Morgan fingerprint density at radius 3 is 2.85 bits per heavy atom. The van der Waals surface area contributed by atoms with Crippen molar-refractivity contribution in [3.8, 4) is 0 Å². The van der Waals surface area contributed by atoms with Crippen LogP contribution in [0.3, 0.4) is 0 Å². The molecular formula is C17H17F3N4O2. The van der Waals surface area contributed by atoms with E-state index in [0.717, 1.165) is 16.5 Å². The number of hydrogen-bond donors (Lipinski definition) is 2. The van der Waals surface area contributed by atoms with Gasteiger partial charge in [-0.15, -0.1) is 0 Å². The van der Waals surface area contributed by atoms with Gasteiger partial charge in [0.1, 0.15) is 0 Å². The smallest absolute Gasteiger partial charge is 0.361 e. The number of hydrazone groups is 1. The van der Waals surface area contributed by atoms with Crippen molar-refractivity contribution in [2.75, 3.05) is 13.1 Å². The zero-order valence-electron chi connectivity index (χ0n) is 13.7. The van der Waals surface area contributed by atoms with Gasteiger partial charge in [0, 0.05) is 35.8 Å². The van der Waals surface area contributed by atoms with Crippen LogP contribution < -0.4 is 5.43 Å². The number of nitrogens with zero attached hydrogens (tertiary/aromatic N) is 2. The van der Waals surface area contributed by atoms with Gasteiger partial charge in [0.25, 0.3) is 0 Å². The minimum atomic E-state index is -4.92. The van der Waals surface area contributed by atoms with Gasteiger partial charge in [-0.25, -0.2) is 5.43 Å². The van der Waals surface area contributed by atoms with Crippen molar-refractivity contribution in [3.05, 3.63) is 36.0 Å². The maximum Gasteiger partial charge on any atom is 0.471 e. The average Bonchev–Trinajstić information content (AvgIpc) is 3.03. The van der Waals surface area contributed by atoms with Crippen molar-refractivity contribution < 1.29 is 22.8 Å². The van der Waals surface area contributed by atoms with E-state index in [2.05, 4.69) is 15.5 Å². The summed E-state index contributed by atoms with van der Waals surface area (Å²) in [5, 5.41) is 4.82. The van der Waals surface area contributed by atoms with E-state index < -0.39 is 23.9 Å². The molecule has 0 aliphatic carbocycles. The van der Waals surface area contributed by atoms with Gasteiger partial charge in [-0.2, -0.15) is 18.3 Å². The summed E-state index contributed by atoms with van der Waals surface area (Å²) < 4.78 is 37.6. The van der Waals surface area contributed by atoms with Gasteiger partial charge in [0.15, 0.2) is 0 Å².